The number of nitrogens with one attached hydrogen (secondary N) is 1. The summed E-state index contributed by atoms with van der Waals surface area (Å²) < 4.78 is 46.2. The maximum Gasteiger partial charge on any atom is 0.437 e. The molecule has 0 unspecified atom stereocenters. The molecule has 3 rings (SSSR count). The summed E-state index contributed by atoms with van der Waals surface area (Å²) in [6, 6.07) is 11.4. The molecule has 0 atom stereocenters. The third-order valence-electron chi connectivity index (χ3n) is 4.07. The Labute approximate surface area is 165 Å². The minimum atomic E-state index is -4.81. The predicted molar refractivity (Wildman–Crippen MR) is 101 cm³/mol. The number of halogens is 3. The lowest BCUT2D eigenvalue weighted by atomic mass is 9.87. The molecule has 1 amide bonds. The van der Waals surface area contributed by atoms with Crippen molar-refractivity contribution in [3.8, 4) is 11.6 Å². The van der Waals surface area contributed by atoms with E-state index in [1.807, 2.05) is 32.9 Å². The first-order valence-corrected chi connectivity index (χ1v) is 8.72. The van der Waals surface area contributed by atoms with Gasteiger partial charge in [0.25, 0.3) is 0 Å². The van der Waals surface area contributed by atoms with Crippen molar-refractivity contribution in [3.05, 3.63) is 66.1 Å². The molecule has 0 saturated carbocycles. The molecule has 1 N–H and O–H groups in total. The average Bonchev–Trinajstić information content (AvgIpc) is 3.06. The van der Waals surface area contributed by atoms with Gasteiger partial charge in [-0.15, -0.1) is 0 Å². The number of hydrogen-bond acceptors (Lipinski definition) is 4. The highest BCUT2D eigenvalue weighted by atomic mass is 19.4. The number of nitrogens with zero attached hydrogens (tertiary/aromatic N) is 3. The Balaban J connectivity index is 1.81. The van der Waals surface area contributed by atoms with Gasteiger partial charge in [0, 0.05) is 11.9 Å². The molecule has 0 aliphatic rings. The first-order valence-electron chi connectivity index (χ1n) is 8.72. The molecule has 0 aliphatic carbocycles. The van der Waals surface area contributed by atoms with Crippen LogP contribution in [0.15, 0.2) is 54.9 Å². The number of hydrogen-bond donors (Lipinski definition) is 1. The van der Waals surface area contributed by atoms with Crippen LogP contribution in [0.25, 0.3) is 5.82 Å². The number of anilines is 1. The van der Waals surface area contributed by atoms with E-state index in [9.17, 15) is 18.0 Å². The van der Waals surface area contributed by atoms with E-state index in [0.717, 1.165) is 11.8 Å². The van der Waals surface area contributed by atoms with Gasteiger partial charge in [-0.3, -0.25) is 5.32 Å². The second kappa shape index (κ2) is 7.57. The Bertz CT molecular complexity index is 991. The van der Waals surface area contributed by atoms with E-state index in [1.165, 1.54) is 18.3 Å². The normalized spacial score (nSPS) is 11.9. The lowest BCUT2D eigenvalue weighted by Crippen LogP contribution is -2.20. The summed E-state index contributed by atoms with van der Waals surface area (Å²) in [6.07, 6.45) is -3.69. The fraction of sp³-hybridized carbons (Fsp3) is 0.250. The number of ether oxygens (including phenoxy) is 1. The smallest absolute Gasteiger partial charge is 0.406 e. The van der Waals surface area contributed by atoms with E-state index in [0.29, 0.717) is 10.4 Å². The fourth-order valence-electron chi connectivity index (χ4n) is 2.62. The molecule has 0 fully saturated rings. The standard InChI is InChI=1S/C20H19F3N4O2/c1-19(2,3)13-7-9-14(10-8-13)26-18(28)29-15-12-25-27(17(15)20(21,22)23)16-6-4-5-11-24-16/h4-12H,1-3H3,(H,26,28). The molecule has 2 aromatic heterocycles. The molecule has 152 valence electrons. The van der Waals surface area contributed by atoms with Crippen molar-refractivity contribution in [1.82, 2.24) is 14.8 Å². The van der Waals surface area contributed by atoms with E-state index in [-0.39, 0.29) is 11.2 Å². The summed E-state index contributed by atoms with van der Waals surface area (Å²) in [5, 5.41) is 6.10. The topological polar surface area (TPSA) is 69.0 Å². The van der Waals surface area contributed by atoms with Crippen LogP contribution in [0.5, 0.6) is 5.75 Å². The van der Waals surface area contributed by atoms with Gasteiger partial charge in [0.1, 0.15) is 0 Å². The molecule has 3 aromatic rings. The van der Waals surface area contributed by atoms with Gasteiger partial charge in [-0.2, -0.15) is 18.3 Å². The van der Waals surface area contributed by atoms with Crippen molar-refractivity contribution in [1.29, 1.82) is 0 Å². The molecule has 29 heavy (non-hydrogen) atoms. The Kier molecular flexibility index (Phi) is 5.32. The van der Waals surface area contributed by atoms with Gasteiger partial charge in [0.15, 0.2) is 17.3 Å². The van der Waals surface area contributed by atoms with Crippen LogP contribution < -0.4 is 10.1 Å². The van der Waals surface area contributed by atoms with Crippen LogP contribution in [-0.4, -0.2) is 20.9 Å². The molecular formula is C20H19F3N4O2. The minimum Gasteiger partial charge on any atom is -0.406 e. The van der Waals surface area contributed by atoms with Crippen molar-refractivity contribution in [3.63, 3.8) is 0 Å². The number of benzene rings is 1. The summed E-state index contributed by atoms with van der Waals surface area (Å²) in [7, 11) is 0. The number of carbonyl (C=O) groups excluding carboxylic acids is 1. The zero-order valence-electron chi connectivity index (χ0n) is 16.0. The maximum absolute atomic E-state index is 13.6. The highest BCUT2D eigenvalue weighted by molar-refractivity contribution is 5.86. The predicted octanol–water partition coefficient (Wildman–Crippen LogP) is 5.19. The molecule has 0 bridgehead atoms. The number of aromatic nitrogens is 3. The number of amides is 1. The van der Waals surface area contributed by atoms with Gasteiger partial charge in [-0.25, -0.2) is 14.5 Å². The van der Waals surface area contributed by atoms with E-state index < -0.39 is 23.7 Å². The number of rotatable bonds is 3. The lowest BCUT2D eigenvalue weighted by molar-refractivity contribution is -0.143. The first kappa shape index (κ1) is 20.4. The lowest BCUT2D eigenvalue weighted by Gasteiger charge is -2.19. The van der Waals surface area contributed by atoms with E-state index in [1.54, 1.807) is 18.2 Å². The van der Waals surface area contributed by atoms with Crippen LogP contribution in [0.2, 0.25) is 0 Å². The monoisotopic (exact) mass is 404 g/mol. The molecule has 9 heteroatoms. The molecular weight excluding hydrogens is 385 g/mol. The molecule has 0 spiro atoms. The van der Waals surface area contributed by atoms with Crippen LogP contribution in [0.1, 0.15) is 32.0 Å². The quantitative estimate of drug-likeness (QED) is 0.652. The summed E-state index contributed by atoms with van der Waals surface area (Å²) in [6.45, 7) is 6.13. The van der Waals surface area contributed by atoms with Crippen LogP contribution in [0, 0.1) is 0 Å². The zero-order valence-corrected chi connectivity index (χ0v) is 16.0. The van der Waals surface area contributed by atoms with Gasteiger partial charge in [-0.1, -0.05) is 39.0 Å². The van der Waals surface area contributed by atoms with Crippen molar-refractivity contribution >= 4 is 11.8 Å². The largest absolute Gasteiger partial charge is 0.437 e. The van der Waals surface area contributed by atoms with Crippen molar-refractivity contribution in [2.75, 3.05) is 5.32 Å². The Morgan fingerprint density at radius 1 is 1.07 bits per heavy atom. The van der Waals surface area contributed by atoms with Crippen molar-refractivity contribution in [2.45, 2.75) is 32.4 Å². The van der Waals surface area contributed by atoms with Crippen LogP contribution in [-0.2, 0) is 11.6 Å². The van der Waals surface area contributed by atoms with E-state index in [2.05, 4.69) is 15.4 Å². The Hall–Kier alpha value is -3.36. The molecule has 0 saturated heterocycles. The fourth-order valence-corrected chi connectivity index (χ4v) is 2.62. The number of carbonyl (C=O) groups is 1. The molecule has 0 radical (unpaired) electrons. The summed E-state index contributed by atoms with van der Waals surface area (Å²) >= 11 is 0. The Morgan fingerprint density at radius 2 is 1.76 bits per heavy atom. The van der Waals surface area contributed by atoms with E-state index >= 15 is 0 Å². The molecule has 2 heterocycles. The first-order chi connectivity index (χ1) is 13.6. The molecule has 6 nitrogen and oxygen atoms in total. The van der Waals surface area contributed by atoms with E-state index in [4.69, 9.17) is 4.74 Å². The second-order valence-electron chi connectivity index (χ2n) is 7.30. The number of pyridine rings is 1. The van der Waals surface area contributed by atoms with Gasteiger partial charge < -0.3 is 4.74 Å². The molecule has 0 aliphatic heterocycles. The van der Waals surface area contributed by atoms with Crippen molar-refractivity contribution in [2.24, 2.45) is 0 Å². The highest BCUT2D eigenvalue weighted by Gasteiger charge is 2.40. The third kappa shape index (κ3) is 4.74. The van der Waals surface area contributed by atoms with Gasteiger partial charge in [0.2, 0.25) is 0 Å². The summed E-state index contributed by atoms with van der Waals surface area (Å²) in [5.74, 6) is -0.764. The summed E-state index contributed by atoms with van der Waals surface area (Å²) in [5.41, 5.74) is 0.149. The van der Waals surface area contributed by atoms with Gasteiger partial charge >= 0.3 is 12.3 Å². The Morgan fingerprint density at radius 3 is 2.31 bits per heavy atom. The SMILES string of the molecule is CC(C)(C)c1ccc(NC(=O)Oc2cnn(-c3ccccn3)c2C(F)(F)F)cc1. The minimum absolute atomic E-state index is 0.0483. The second-order valence-corrected chi connectivity index (χ2v) is 7.30. The summed E-state index contributed by atoms with van der Waals surface area (Å²) in [4.78, 5) is 16.0. The van der Waals surface area contributed by atoms with Crippen LogP contribution in [0.3, 0.4) is 0 Å². The highest BCUT2D eigenvalue weighted by Crippen LogP contribution is 2.37. The van der Waals surface area contributed by atoms with Crippen molar-refractivity contribution < 1.29 is 22.7 Å². The van der Waals surface area contributed by atoms with Crippen LogP contribution in [0.4, 0.5) is 23.7 Å². The maximum atomic E-state index is 13.6. The number of alkyl halides is 3. The van der Waals surface area contributed by atoms with Crippen LogP contribution >= 0.6 is 0 Å². The third-order valence-corrected chi connectivity index (χ3v) is 4.07. The van der Waals surface area contributed by atoms with Gasteiger partial charge in [0.05, 0.1) is 6.20 Å². The average molecular weight is 404 g/mol. The van der Waals surface area contributed by atoms with Gasteiger partial charge in [-0.05, 0) is 35.2 Å². The molecule has 1 aromatic carbocycles. The zero-order chi connectivity index (χ0) is 21.2.